The van der Waals surface area contributed by atoms with Gasteiger partial charge in [0.2, 0.25) is 47.3 Å². The van der Waals surface area contributed by atoms with Gasteiger partial charge in [-0.1, -0.05) is 128 Å². The molecule has 0 aliphatic heterocycles. The van der Waals surface area contributed by atoms with Crippen LogP contribution in [0.2, 0.25) is 0 Å². The Labute approximate surface area is 581 Å². The SMILES string of the molecule is COC(=O)CCNC(=O)C(CCCC(=O)O)N(Cc1ccccc1)C(=O)CCCC(=O)N(CCCCCC(=O)N(Cc1ccccc1)C(CCCC(=O)O)C(=O)NCCC(=O)O)C(Cc1ccccc1)C(=O)NCCC(=O)N(Cc1ccccc1)C(CCCC(=O)O)C(=O)NCCC(=O)O. The Kier molecular flexibility index (Phi) is 37.6. The molecule has 542 valence electrons. The number of esters is 1. The summed E-state index contributed by atoms with van der Waals surface area (Å²) >= 11 is 0. The number of carboxylic acid groups (broad SMARTS) is 5. The molecule has 0 aliphatic rings. The number of carbonyl (C=O) groups excluding carboxylic acids is 9. The fourth-order valence-corrected chi connectivity index (χ4v) is 11.2. The number of benzene rings is 4. The van der Waals surface area contributed by atoms with Crippen molar-refractivity contribution in [3.63, 3.8) is 0 Å². The van der Waals surface area contributed by atoms with Crippen molar-refractivity contribution in [3.05, 3.63) is 144 Å². The minimum atomic E-state index is -1.30. The largest absolute Gasteiger partial charge is 0.481 e. The number of nitrogens with one attached hydrogen (secondary N) is 4. The molecule has 9 N–H and O–H groups in total. The summed E-state index contributed by atoms with van der Waals surface area (Å²) in [6, 6.07) is 29.7. The molecule has 4 aromatic rings. The highest BCUT2D eigenvalue weighted by molar-refractivity contribution is 5.92. The minimum absolute atomic E-state index is 0.00752. The topological polar surface area (TPSA) is 410 Å². The molecule has 4 unspecified atom stereocenters. The van der Waals surface area contributed by atoms with Gasteiger partial charge in [-0.15, -0.1) is 0 Å². The van der Waals surface area contributed by atoms with Gasteiger partial charge in [0.05, 0.1) is 26.4 Å². The minimum Gasteiger partial charge on any atom is -0.481 e. The van der Waals surface area contributed by atoms with Gasteiger partial charge in [-0.25, -0.2) is 0 Å². The van der Waals surface area contributed by atoms with Crippen LogP contribution in [0.4, 0.5) is 0 Å². The maximum absolute atomic E-state index is 15.1. The van der Waals surface area contributed by atoms with E-state index >= 15 is 9.59 Å². The number of hydrogen-bond donors (Lipinski definition) is 9. The summed E-state index contributed by atoms with van der Waals surface area (Å²) in [6.07, 6.45) is -3.13. The Hall–Kier alpha value is -10.5. The third kappa shape index (κ3) is 31.8. The smallest absolute Gasteiger partial charge is 0.307 e. The van der Waals surface area contributed by atoms with Gasteiger partial charge in [-0.2, -0.15) is 0 Å². The predicted molar refractivity (Wildman–Crippen MR) is 363 cm³/mol. The normalized spacial score (nSPS) is 12.0. The van der Waals surface area contributed by atoms with Crippen LogP contribution in [-0.2, 0) is 97.9 Å². The van der Waals surface area contributed by atoms with Crippen LogP contribution in [0, 0.1) is 0 Å². The highest BCUT2D eigenvalue weighted by Gasteiger charge is 2.35. The third-order valence-electron chi connectivity index (χ3n) is 16.3. The second-order valence-corrected chi connectivity index (χ2v) is 23.9. The molecule has 28 heteroatoms. The second kappa shape index (κ2) is 45.9. The molecule has 100 heavy (non-hydrogen) atoms. The number of carbonyl (C=O) groups is 14. The Balaban J connectivity index is 1.72. The number of carboxylic acids is 5. The number of ether oxygens (including phenoxy) is 1. The summed E-state index contributed by atoms with van der Waals surface area (Å²) in [5.41, 5.74) is 2.49. The lowest BCUT2D eigenvalue weighted by Crippen LogP contribution is -2.52. The van der Waals surface area contributed by atoms with Crippen molar-refractivity contribution in [3.8, 4) is 0 Å². The quantitative estimate of drug-likeness (QED) is 0.0195. The van der Waals surface area contributed by atoms with Crippen molar-refractivity contribution < 1.29 is 97.4 Å². The first-order valence-electron chi connectivity index (χ1n) is 33.6. The molecule has 0 bridgehead atoms. The first-order valence-corrected chi connectivity index (χ1v) is 33.6. The van der Waals surface area contributed by atoms with E-state index in [1.54, 1.807) is 121 Å². The van der Waals surface area contributed by atoms with Gasteiger partial charge in [-0.3, -0.25) is 67.1 Å². The van der Waals surface area contributed by atoms with Crippen molar-refractivity contribution in [1.82, 2.24) is 40.9 Å². The van der Waals surface area contributed by atoms with Crippen molar-refractivity contribution in [2.75, 3.05) is 39.8 Å². The van der Waals surface area contributed by atoms with E-state index in [4.69, 9.17) is 4.74 Å². The fraction of sp³-hybridized carbons (Fsp3) is 0.472. The molecular weight excluding hydrogens is 1300 g/mol. The summed E-state index contributed by atoms with van der Waals surface area (Å²) in [6.45, 7) is -1.43. The lowest BCUT2D eigenvalue weighted by atomic mass is 10.0. The van der Waals surface area contributed by atoms with Crippen LogP contribution < -0.4 is 21.3 Å². The average molecular weight is 1390 g/mol. The van der Waals surface area contributed by atoms with Gasteiger partial charge in [0, 0.05) is 104 Å². The Bertz CT molecular complexity index is 3310. The van der Waals surface area contributed by atoms with Gasteiger partial charge in [0.25, 0.3) is 0 Å². The van der Waals surface area contributed by atoms with Crippen molar-refractivity contribution in [1.29, 1.82) is 0 Å². The van der Waals surface area contributed by atoms with Crippen LogP contribution in [0.25, 0.3) is 0 Å². The molecule has 4 atom stereocenters. The number of nitrogens with zero attached hydrogens (tertiary/aromatic N) is 4. The maximum Gasteiger partial charge on any atom is 0.307 e. The van der Waals surface area contributed by atoms with Crippen LogP contribution in [0.15, 0.2) is 121 Å². The number of methoxy groups -OCH3 is 1. The molecule has 4 rings (SSSR count). The van der Waals surface area contributed by atoms with E-state index in [0.29, 0.717) is 22.3 Å². The monoisotopic (exact) mass is 1390 g/mol. The van der Waals surface area contributed by atoms with Gasteiger partial charge >= 0.3 is 35.8 Å². The number of amides is 8. The standard InChI is InChI=1S/C72H94N8O20/c1-100-68(95)41-45-76-71(98)56(30-18-36-64(87)88)79(49-53-25-11-4-12-26-53)61(83)34-20-33-59(81)77(46-16-6-15-32-60(82)78(48-52-23-9-3-10-24-52)55(29-17-35-63(85)86)69(96)74-43-39-66(91)92)58(47-51-21-7-2-8-22-51)72(99)73-42-38-62(84)80(50-54-27-13-5-14-28-54)57(31-19-37-65(89)90)70(97)75-44-40-67(93)94/h2-5,7-14,21-28,55-58H,6,15-20,29-50H2,1H3,(H,73,99)(H,74,96)(H,75,97)(H,76,98)(H,85,86)(H,87,88)(H,89,90)(H,91,92)(H,93,94). The Morgan fingerprint density at radius 2 is 0.620 bits per heavy atom. The van der Waals surface area contributed by atoms with Gasteiger partial charge < -0.3 is 71.1 Å². The second-order valence-electron chi connectivity index (χ2n) is 23.9. The summed E-state index contributed by atoms with van der Waals surface area (Å²) in [7, 11) is 1.19. The zero-order valence-electron chi connectivity index (χ0n) is 56.5. The number of hydrogen-bond acceptors (Lipinski definition) is 15. The van der Waals surface area contributed by atoms with E-state index in [1.165, 1.54) is 26.7 Å². The summed E-state index contributed by atoms with van der Waals surface area (Å²) in [4.78, 5) is 190. The molecule has 4 aromatic carbocycles. The zero-order chi connectivity index (χ0) is 73.2. The summed E-state index contributed by atoms with van der Waals surface area (Å²) in [5, 5.41) is 57.7. The van der Waals surface area contributed by atoms with Crippen molar-refractivity contribution in [2.24, 2.45) is 0 Å². The maximum atomic E-state index is 15.1. The zero-order valence-corrected chi connectivity index (χ0v) is 56.5. The Morgan fingerprint density at radius 1 is 0.320 bits per heavy atom. The van der Waals surface area contributed by atoms with Gasteiger partial charge in [-0.05, 0) is 80.0 Å². The van der Waals surface area contributed by atoms with E-state index in [2.05, 4.69) is 21.3 Å². The molecule has 0 aromatic heterocycles. The van der Waals surface area contributed by atoms with Crippen LogP contribution >= 0.6 is 0 Å². The molecular formula is C72H94N8O20. The highest BCUT2D eigenvalue weighted by Crippen LogP contribution is 2.23. The molecule has 0 heterocycles. The molecule has 0 saturated carbocycles. The van der Waals surface area contributed by atoms with Crippen LogP contribution in [0.1, 0.15) is 151 Å². The first-order chi connectivity index (χ1) is 48.0. The predicted octanol–water partition coefficient (Wildman–Crippen LogP) is 5.48. The Morgan fingerprint density at radius 3 is 0.970 bits per heavy atom. The highest BCUT2D eigenvalue weighted by atomic mass is 16.5. The van der Waals surface area contributed by atoms with E-state index in [9.17, 15) is 83.1 Å². The summed E-state index contributed by atoms with van der Waals surface area (Å²) in [5.74, 6) is -11.4. The fourth-order valence-electron chi connectivity index (χ4n) is 11.2. The summed E-state index contributed by atoms with van der Waals surface area (Å²) < 4.78 is 4.71. The van der Waals surface area contributed by atoms with E-state index in [1.807, 2.05) is 0 Å². The third-order valence-corrected chi connectivity index (χ3v) is 16.3. The molecule has 28 nitrogen and oxygen atoms in total. The molecule has 8 amide bonds. The lowest BCUT2D eigenvalue weighted by molar-refractivity contribution is -0.144. The van der Waals surface area contributed by atoms with Gasteiger partial charge in [0.1, 0.15) is 24.2 Å². The lowest BCUT2D eigenvalue weighted by Gasteiger charge is -2.33. The van der Waals surface area contributed by atoms with E-state index < -0.39 is 127 Å². The van der Waals surface area contributed by atoms with Crippen LogP contribution in [0.3, 0.4) is 0 Å². The van der Waals surface area contributed by atoms with Crippen molar-refractivity contribution in [2.45, 2.75) is 179 Å². The average Bonchev–Trinajstić information content (AvgIpc) is 0.861. The number of rotatable bonds is 50. The molecule has 0 radical (unpaired) electrons. The number of aliphatic carboxylic acids is 5. The van der Waals surface area contributed by atoms with Gasteiger partial charge in [0.15, 0.2) is 0 Å². The van der Waals surface area contributed by atoms with E-state index in [0.717, 1.165) is 0 Å². The molecule has 0 aliphatic carbocycles. The van der Waals surface area contributed by atoms with Crippen molar-refractivity contribution >= 4 is 83.1 Å². The molecule has 0 fully saturated rings. The van der Waals surface area contributed by atoms with Crippen LogP contribution in [0.5, 0.6) is 0 Å². The molecule has 0 saturated heterocycles. The number of unbranched alkanes of at least 4 members (excludes halogenated alkanes) is 2. The first kappa shape index (κ1) is 81.9. The van der Waals surface area contributed by atoms with Crippen LogP contribution in [-0.4, -0.2) is 192 Å². The van der Waals surface area contributed by atoms with E-state index in [-0.39, 0.29) is 168 Å². The molecule has 0 spiro atoms.